The SMILES string of the molecule is O=C(N[C@@H]1CCCC[C@H]1NC(=O)[C@@H]1CCCN1)[C@@H]1CCCN1. The summed E-state index contributed by atoms with van der Waals surface area (Å²) in [5.41, 5.74) is 0. The molecule has 1 saturated carbocycles. The third-order valence-electron chi connectivity index (χ3n) is 5.17. The topological polar surface area (TPSA) is 82.3 Å². The van der Waals surface area contributed by atoms with Crippen molar-refractivity contribution in [2.45, 2.75) is 75.5 Å². The summed E-state index contributed by atoms with van der Waals surface area (Å²) in [6.45, 7) is 1.85. The highest BCUT2D eigenvalue weighted by molar-refractivity contribution is 5.83. The van der Waals surface area contributed by atoms with Gasteiger partial charge in [-0.15, -0.1) is 0 Å². The molecule has 6 heteroatoms. The monoisotopic (exact) mass is 308 g/mol. The molecule has 22 heavy (non-hydrogen) atoms. The molecule has 0 aromatic rings. The Balaban J connectivity index is 1.53. The molecule has 3 rings (SSSR count). The lowest BCUT2D eigenvalue weighted by Crippen LogP contribution is -2.57. The fraction of sp³-hybridized carbons (Fsp3) is 0.875. The van der Waals surface area contributed by atoms with E-state index >= 15 is 0 Å². The van der Waals surface area contributed by atoms with Crippen LogP contribution in [0, 0.1) is 0 Å². The number of hydrogen-bond acceptors (Lipinski definition) is 4. The molecule has 0 spiro atoms. The van der Waals surface area contributed by atoms with Gasteiger partial charge in [-0.2, -0.15) is 0 Å². The van der Waals surface area contributed by atoms with Crippen molar-refractivity contribution in [1.82, 2.24) is 21.3 Å². The van der Waals surface area contributed by atoms with E-state index in [1.54, 1.807) is 0 Å². The van der Waals surface area contributed by atoms with E-state index in [9.17, 15) is 9.59 Å². The fourth-order valence-electron chi connectivity index (χ4n) is 3.86. The van der Waals surface area contributed by atoms with Crippen LogP contribution in [0.15, 0.2) is 0 Å². The van der Waals surface area contributed by atoms with Gasteiger partial charge < -0.3 is 21.3 Å². The molecular weight excluding hydrogens is 280 g/mol. The zero-order valence-corrected chi connectivity index (χ0v) is 13.2. The van der Waals surface area contributed by atoms with Gasteiger partial charge in [0.2, 0.25) is 11.8 Å². The van der Waals surface area contributed by atoms with Crippen LogP contribution >= 0.6 is 0 Å². The number of carbonyl (C=O) groups is 2. The van der Waals surface area contributed by atoms with Crippen LogP contribution in [0.25, 0.3) is 0 Å². The molecule has 4 atom stereocenters. The summed E-state index contributed by atoms with van der Waals surface area (Å²) in [4.78, 5) is 24.6. The van der Waals surface area contributed by atoms with Crippen molar-refractivity contribution in [3.05, 3.63) is 0 Å². The number of nitrogens with one attached hydrogen (secondary N) is 4. The standard InChI is InChI=1S/C16H28N4O2/c21-15(13-7-3-9-17-13)19-11-5-1-2-6-12(11)20-16(22)14-8-4-10-18-14/h11-14,17-18H,1-10H2,(H,19,21)(H,20,22)/t11-,12-,13+,14+/m1/s1. The van der Waals surface area contributed by atoms with Crippen molar-refractivity contribution >= 4 is 11.8 Å². The van der Waals surface area contributed by atoms with E-state index in [2.05, 4.69) is 21.3 Å². The van der Waals surface area contributed by atoms with E-state index in [1.165, 1.54) is 0 Å². The quantitative estimate of drug-likeness (QED) is 0.591. The van der Waals surface area contributed by atoms with Crippen LogP contribution in [-0.2, 0) is 9.59 Å². The highest BCUT2D eigenvalue weighted by Crippen LogP contribution is 2.20. The van der Waals surface area contributed by atoms with E-state index in [0.29, 0.717) is 0 Å². The van der Waals surface area contributed by atoms with E-state index in [4.69, 9.17) is 0 Å². The van der Waals surface area contributed by atoms with Crippen molar-refractivity contribution in [3.8, 4) is 0 Å². The zero-order valence-electron chi connectivity index (χ0n) is 13.2. The first-order valence-electron chi connectivity index (χ1n) is 8.81. The van der Waals surface area contributed by atoms with Crippen LogP contribution in [0.3, 0.4) is 0 Å². The average Bonchev–Trinajstić information content (AvgIpc) is 3.23. The smallest absolute Gasteiger partial charge is 0.237 e. The van der Waals surface area contributed by atoms with Gasteiger partial charge in [-0.25, -0.2) is 0 Å². The third kappa shape index (κ3) is 3.79. The zero-order chi connectivity index (χ0) is 15.4. The molecule has 3 fully saturated rings. The van der Waals surface area contributed by atoms with Crippen molar-refractivity contribution in [3.63, 3.8) is 0 Å². The summed E-state index contributed by atoms with van der Waals surface area (Å²) in [6, 6.07) is 0.0626. The average molecular weight is 308 g/mol. The van der Waals surface area contributed by atoms with Gasteiger partial charge in [-0.1, -0.05) is 12.8 Å². The summed E-state index contributed by atoms with van der Waals surface area (Å²) in [5.74, 6) is 0.199. The van der Waals surface area contributed by atoms with Crippen molar-refractivity contribution in [2.24, 2.45) is 0 Å². The number of amides is 2. The molecule has 0 radical (unpaired) electrons. The van der Waals surface area contributed by atoms with Crippen LogP contribution in [0.1, 0.15) is 51.4 Å². The lowest BCUT2D eigenvalue weighted by molar-refractivity contribution is -0.126. The van der Waals surface area contributed by atoms with Crippen LogP contribution < -0.4 is 21.3 Å². The normalized spacial score (nSPS) is 35.3. The van der Waals surface area contributed by atoms with Crippen molar-refractivity contribution in [2.75, 3.05) is 13.1 Å². The predicted molar refractivity (Wildman–Crippen MR) is 84.4 cm³/mol. The van der Waals surface area contributed by atoms with Crippen LogP contribution in [0.4, 0.5) is 0 Å². The largest absolute Gasteiger partial charge is 0.350 e. The van der Waals surface area contributed by atoms with E-state index in [-0.39, 0.29) is 36.0 Å². The fourth-order valence-corrected chi connectivity index (χ4v) is 3.86. The maximum absolute atomic E-state index is 12.3. The number of carbonyl (C=O) groups excluding carboxylic acids is 2. The van der Waals surface area contributed by atoms with Crippen LogP contribution in [0.2, 0.25) is 0 Å². The molecule has 2 saturated heterocycles. The van der Waals surface area contributed by atoms with Gasteiger partial charge in [0.1, 0.15) is 0 Å². The first kappa shape index (κ1) is 15.7. The molecule has 0 aromatic heterocycles. The van der Waals surface area contributed by atoms with Gasteiger partial charge in [-0.05, 0) is 51.6 Å². The van der Waals surface area contributed by atoms with Gasteiger partial charge in [0.25, 0.3) is 0 Å². The molecule has 0 aromatic carbocycles. The van der Waals surface area contributed by atoms with Crippen molar-refractivity contribution < 1.29 is 9.59 Å². The second-order valence-corrected chi connectivity index (χ2v) is 6.81. The molecule has 2 aliphatic heterocycles. The molecule has 6 nitrogen and oxygen atoms in total. The minimum absolute atomic E-state index is 0.0465. The molecule has 1 aliphatic carbocycles. The Morgan fingerprint density at radius 3 is 1.50 bits per heavy atom. The minimum Gasteiger partial charge on any atom is -0.350 e. The van der Waals surface area contributed by atoms with E-state index in [0.717, 1.165) is 64.5 Å². The molecular formula is C16H28N4O2. The maximum Gasteiger partial charge on any atom is 0.237 e. The first-order chi connectivity index (χ1) is 10.7. The van der Waals surface area contributed by atoms with Crippen molar-refractivity contribution in [1.29, 1.82) is 0 Å². The van der Waals surface area contributed by atoms with Crippen LogP contribution in [0.5, 0.6) is 0 Å². The summed E-state index contributed by atoms with van der Waals surface area (Å²) in [7, 11) is 0. The molecule has 3 aliphatic rings. The minimum atomic E-state index is -0.0465. The Labute approximate surface area is 132 Å². The van der Waals surface area contributed by atoms with Gasteiger partial charge in [0, 0.05) is 12.1 Å². The Morgan fingerprint density at radius 2 is 1.14 bits per heavy atom. The number of rotatable bonds is 4. The van der Waals surface area contributed by atoms with Gasteiger partial charge in [0.05, 0.1) is 12.1 Å². The molecule has 2 amide bonds. The summed E-state index contributed by atoms with van der Waals surface area (Å²) >= 11 is 0. The molecule has 124 valence electrons. The highest BCUT2D eigenvalue weighted by atomic mass is 16.2. The lowest BCUT2D eigenvalue weighted by atomic mass is 9.89. The highest BCUT2D eigenvalue weighted by Gasteiger charge is 2.32. The molecule has 0 unspecified atom stereocenters. The second kappa shape index (κ2) is 7.42. The van der Waals surface area contributed by atoms with Gasteiger partial charge in [0.15, 0.2) is 0 Å². The van der Waals surface area contributed by atoms with Gasteiger partial charge in [-0.3, -0.25) is 9.59 Å². The Hall–Kier alpha value is -1.14. The summed E-state index contributed by atoms with van der Waals surface area (Å²) in [5, 5.41) is 12.8. The summed E-state index contributed by atoms with van der Waals surface area (Å²) in [6.07, 6.45) is 8.13. The van der Waals surface area contributed by atoms with Crippen LogP contribution in [-0.4, -0.2) is 49.1 Å². The third-order valence-corrected chi connectivity index (χ3v) is 5.17. The first-order valence-corrected chi connectivity index (χ1v) is 8.81. The van der Waals surface area contributed by atoms with E-state index < -0.39 is 0 Å². The maximum atomic E-state index is 12.3. The molecule has 0 bridgehead atoms. The predicted octanol–water partition coefficient (Wildman–Crippen LogP) is 0.0340. The van der Waals surface area contributed by atoms with E-state index in [1.807, 2.05) is 0 Å². The number of hydrogen-bond donors (Lipinski definition) is 4. The second-order valence-electron chi connectivity index (χ2n) is 6.81. The lowest BCUT2D eigenvalue weighted by Gasteiger charge is -2.34. The van der Waals surface area contributed by atoms with Gasteiger partial charge >= 0.3 is 0 Å². The Kier molecular flexibility index (Phi) is 5.31. The molecule has 2 heterocycles. The Morgan fingerprint density at radius 1 is 0.682 bits per heavy atom. The Bertz CT molecular complexity index is 365. The summed E-state index contributed by atoms with van der Waals surface area (Å²) < 4.78 is 0. The molecule has 4 N–H and O–H groups in total.